The highest BCUT2D eigenvalue weighted by Crippen LogP contribution is 2.41. The molecule has 1 aromatic rings. The van der Waals surface area contributed by atoms with Gasteiger partial charge in [-0.25, -0.2) is 0 Å². The van der Waals surface area contributed by atoms with Gasteiger partial charge in [0.15, 0.2) is 11.3 Å². The number of aliphatic hydroxyl groups excluding tert-OH is 1. The van der Waals surface area contributed by atoms with Gasteiger partial charge in [-0.2, -0.15) is 0 Å². The molecule has 0 aliphatic carbocycles. The van der Waals surface area contributed by atoms with Crippen molar-refractivity contribution >= 4 is 0 Å². The van der Waals surface area contributed by atoms with E-state index in [0.29, 0.717) is 17.9 Å². The number of hydrogen-bond donors (Lipinski definition) is 2. The maximum Gasteiger partial charge on any atom is 0.194 e. The summed E-state index contributed by atoms with van der Waals surface area (Å²) in [7, 11) is 1.54. The number of aromatic nitrogens is 1. The third kappa shape index (κ3) is 5.94. The summed E-state index contributed by atoms with van der Waals surface area (Å²) in [5.74, 6) is 0.535. The normalized spacial score (nSPS) is 24.6. The van der Waals surface area contributed by atoms with Crippen LogP contribution in [-0.4, -0.2) is 35.0 Å². The van der Waals surface area contributed by atoms with Crippen molar-refractivity contribution in [1.82, 2.24) is 4.98 Å². The van der Waals surface area contributed by atoms with Gasteiger partial charge in [0.1, 0.15) is 0 Å². The minimum absolute atomic E-state index is 0.0249. The van der Waals surface area contributed by atoms with Crippen LogP contribution in [0.25, 0.3) is 0 Å². The predicted octanol–water partition coefficient (Wildman–Crippen LogP) is 4.25. The van der Waals surface area contributed by atoms with Crippen LogP contribution in [0.1, 0.15) is 52.3 Å². The van der Waals surface area contributed by atoms with Crippen LogP contribution in [-0.2, 0) is 11.2 Å². The molecular formula is C24H35NO4. The highest BCUT2D eigenvalue weighted by Gasteiger charge is 2.51. The lowest BCUT2D eigenvalue weighted by Crippen LogP contribution is -2.17. The van der Waals surface area contributed by atoms with Gasteiger partial charge < -0.3 is 19.6 Å². The SMILES string of the molecule is C/C=C(\C)[C@H](O)[C@H](C)/C=C(C)/C=C/CC1(C)OC1Cc1[nH]c(OC)cc(=O)c1C. The first kappa shape index (κ1) is 23.2. The third-order valence-electron chi connectivity index (χ3n) is 5.85. The van der Waals surface area contributed by atoms with Gasteiger partial charge in [-0.15, -0.1) is 0 Å². The lowest BCUT2D eigenvalue weighted by atomic mass is 9.95. The van der Waals surface area contributed by atoms with Gasteiger partial charge in [0, 0.05) is 29.7 Å². The number of H-pyrrole nitrogens is 1. The number of aromatic amines is 1. The molecule has 160 valence electrons. The zero-order valence-electron chi connectivity index (χ0n) is 18.7. The topological polar surface area (TPSA) is 74.8 Å². The van der Waals surface area contributed by atoms with Crippen LogP contribution < -0.4 is 10.2 Å². The zero-order valence-corrected chi connectivity index (χ0v) is 18.7. The maximum atomic E-state index is 12.0. The molecule has 1 aliphatic rings. The average molecular weight is 402 g/mol. The molecule has 2 heterocycles. The second kappa shape index (κ2) is 9.59. The van der Waals surface area contributed by atoms with Crippen molar-refractivity contribution in [1.29, 1.82) is 0 Å². The number of aliphatic hydroxyl groups is 1. The summed E-state index contributed by atoms with van der Waals surface area (Å²) in [6.45, 7) is 11.9. The number of ether oxygens (including phenoxy) is 2. The number of pyridine rings is 1. The van der Waals surface area contributed by atoms with Gasteiger partial charge in [-0.3, -0.25) is 4.79 Å². The Labute approximate surface area is 174 Å². The summed E-state index contributed by atoms with van der Waals surface area (Å²) in [5.41, 5.74) is 3.43. The molecule has 5 heteroatoms. The molecule has 4 atom stereocenters. The number of methoxy groups -OCH3 is 1. The molecule has 1 aliphatic heterocycles. The van der Waals surface area contributed by atoms with Gasteiger partial charge in [-0.1, -0.05) is 36.8 Å². The van der Waals surface area contributed by atoms with Crippen molar-refractivity contribution in [3.8, 4) is 5.88 Å². The monoisotopic (exact) mass is 401 g/mol. The highest BCUT2D eigenvalue weighted by molar-refractivity contribution is 5.27. The van der Waals surface area contributed by atoms with Crippen LogP contribution in [0.2, 0.25) is 0 Å². The Kier molecular flexibility index (Phi) is 7.66. The summed E-state index contributed by atoms with van der Waals surface area (Å²) in [4.78, 5) is 15.2. The molecule has 2 rings (SSSR count). The van der Waals surface area contributed by atoms with Crippen LogP contribution >= 0.6 is 0 Å². The number of nitrogens with one attached hydrogen (secondary N) is 1. The van der Waals surface area contributed by atoms with E-state index in [2.05, 4.69) is 30.1 Å². The Morgan fingerprint density at radius 1 is 1.45 bits per heavy atom. The molecule has 0 saturated carbocycles. The van der Waals surface area contributed by atoms with E-state index in [1.54, 1.807) is 7.11 Å². The number of hydrogen-bond acceptors (Lipinski definition) is 4. The van der Waals surface area contributed by atoms with E-state index in [-0.39, 0.29) is 23.1 Å². The Morgan fingerprint density at radius 2 is 2.14 bits per heavy atom. The summed E-state index contributed by atoms with van der Waals surface area (Å²) in [6, 6.07) is 1.47. The maximum absolute atomic E-state index is 12.0. The van der Waals surface area contributed by atoms with Crippen LogP contribution in [0.15, 0.2) is 46.3 Å². The van der Waals surface area contributed by atoms with Gasteiger partial charge in [0.2, 0.25) is 0 Å². The first-order valence-electron chi connectivity index (χ1n) is 10.2. The minimum atomic E-state index is -0.453. The van der Waals surface area contributed by atoms with Crippen LogP contribution in [0.4, 0.5) is 0 Å². The standard InChI is InChI=1S/C24H35NO4/c1-8-16(3)23(27)17(4)12-15(2)10-9-11-24(6)21(29-24)13-19-18(5)20(26)14-22(25-19)28-7/h8-10,12,14,17,21,23,27H,11,13H2,1-7H3,(H,25,26)/b10-9+,15-12+,16-8+/t17-,21?,23+,24?/m1/s1. The van der Waals surface area contributed by atoms with Gasteiger partial charge >= 0.3 is 0 Å². The van der Waals surface area contributed by atoms with Gasteiger partial charge in [0.25, 0.3) is 0 Å². The van der Waals surface area contributed by atoms with E-state index in [1.807, 2.05) is 40.7 Å². The summed E-state index contributed by atoms with van der Waals surface area (Å²) >= 11 is 0. The molecular weight excluding hydrogens is 366 g/mol. The third-order valence-corrected chi connectivity index (χ3v) is 5.85. The van der Waals surface area contributed by atoms with Crippen LogP contribution in [0.3, 0.4) is 0 Å². The fourth-order valence-corrected chi connectivity index (χ4v) is 3.51. The van der Waals surface area contributed by atoms with Crippen LogP contribution in [0, 0.1) is 12.8 Å². The van der Waals surface area contributed by atoms with E-state index < -0.39 is 6.10 Å². The lowest BCUT2D eigenvalue weighted by molar-refractivity contribution is 0.173. The number of allylic oxidation sites excluding steroid dienone is 3. The van der Waals surface area contributed by atoms with Crippen molar-refractivity contribution in [3.63, 3.8) is 0 Å². The Balaban J connectivity index is 1.95. The van der Waals surface area contributed by atoms with Crippen molar-refractivity contribution < 1.29 is 14.6 Å². The summed E-state index contributed by atoms with van der Waals surface area (Å²) < 4.78 is 11.1. The Hall–Kier alpha value is -2.11. The Morgan fingerprint density at radius 3 is 2.76 bits per heavy atom. The summed E-state index contributed by atoms with van der Waals surface area (Å²) in [6.07, 6.45) is 9.30. The van der Waals surface area contributed by atoms with E-state index in [1.165, 1.54) is 6.07 Å². The van der Waals surface area contributed by atoms with Crippen LogP contribution in [0.5, 0.6) is 5.88 Å². The van der Waals surface area contributed by atoms with Gasteiger partial charge in [0.05, 0.1) is 24.9 Å². The van der Waals surface area contributed by atoms with Crippen molar-refractivity contribution in [2.75, 3.05) is 7.11 Å². The zero-order chi connectivity index (χ0) is 21.8. The summed E-state index contributed by atoms with van der Waals surface area (Å²) in [5, 5.41) is 10.3. The molecule has 0 spiro atoms. The molecule has 2 unspecified atom stereocenters. The van der Waals surface area contributed by atoms with E-state index in [9.17, 15) is 9.90 Å². The van der Waals surface area contributed by atoms with E-state index in [0.717, 1.165) is 23.3 Å². The molecule has 0 radical (unpaired) electrons. The quantitative estimate of drug-likeness (QED) is 0.369. The highest BCUT2D eigenvalue weighted by atomic mass is 16.6. The minimum Gasteiger partial charge on any atom is -0.482 e. The molecule has 0 amide bonds. The molecule has 0 aromatic carbocycles. The lowest BCUT2D eigenvalue weighted by Gasteiger charge is -2.16. The predicted molar refractivity (Wildman–Crippen MR) is 117 cm³/mol. The van der Waals surface area contributed by atoms with Crippen molar-refractivity contribution in [3.05, 3.63) is 63.0 Å². The van der Waals surface area contributed by atoms with E-state index in [4.69, 9.17) is 9.47 Å². The number of epoxide rings is 1. The molecule has 29 heavy (non-hydrogen) atoms. The molecule has 2 N–H and O–H groups in total. The van der Waals surface area contributed by atoms with Gasteiger partial charge in [-0.05, 0) is 46.6 Å². The fraction of sp³-hybridized carbons (Fsp3) is 0.542. The Bertz CT molecular complexity index is 864. The average Bonchev–Trinajstić information content (AvgIpc) is 3.32. The second-order valence-electron chi connectivity index (χ2n) is 8.28. The van der Waals surface area contributed by atoms with E-state index >= 15 is 0 Å². The van der Waals surface area contributed by atoms with Crippen molar-refractivity contribution in [2.45, 2.75) is 72.2 Å². The first-order valence-corrected chi connectivity index (χ1v) is 10.2. The smallest absolute Gasteiger partial charge is 0.194 e. The molecule has 1 fully saturated rings. The largest absolute Gasteiger partial charge is 0.482 e. The fourth-order valence-electron chi connectivity index (χ4n) is 3.51. The first-order chi connectivity index (χ1) is 13.6. The number of rotatable bonds is 9. The molecule has 5 nitrogen and oxygen atoms in total. The second-order valence-corrected chi connectivity index (χ2v) is 8.28. The molecule has 0 bridgehead atoms. The van der Waals surface area contributed by atoms with Crippen molar-refractivity contribution in [2.24, 2.45) is 5.92 Å². The molecule has 1 aromatic heterocycles. The molecule has 1 saturated heterocycles.